The van der Waals surface area contributed by atoms with Crippen molar-refractivity contribution in [3.8, 4) is 0 Å². The lowest BCUT2D eigenvalue weighted by Gasteiger charge is -2.14. The van der Waals surface area contributed by atoms with E-state index in [1.807, 2.05) is 0 Å². The van der Waals surface area contributed by atoms with Crippen molar-refractivity contribution in [3.63, 3.8) is 0 Å². The van der Waals surface area contributed by atoms with Gasteiger partial charge >= 0.3 is 0 Å². The molecule has 0 atom stereocenters. The summed E-state index contributed by atoms with van der Waals surface area (Å²) in [5.41, 5.74) is 1.01. The number of hydrogen-bond donors (Lipinski definition) is 2. The second-order valence-electron chi connectivity index (χ2n) is 5.10. The monoisotopic (exact) mass is 279 g/mol. The highest BCUT2D eigenvalue weighted by atomic mass is 35.5. The zero-order valence-corrected chi connectivity index (χ0v) is 11.6. The SMILES string of the molecule is CC(C)(C)c1cc(NC(=O)c2cncc(Cl)n2)n[nH]1. The lowest BCUT2D eigenvalue weighted by atomic mass is 9.92. The minimum atomic E-state index is -0.401. The Morgan fingerprint density at radius 3 is 2.68 bits per heavy atom. The molecule has 2 aromatic rings. The third-order valence-electron chi connectivity index (χ3n) is 2.47. The molecule has 1 amide bonds. The largest absolute Gasteiger partial charge is 0.304 e. The molecule has 0 fully saturated rings. The quantitative estimate of drug-likeness (QED) is 0.884. The lowest BCUT2D eigenvalue weighted by molar-refractivity contribution is 0.102. The predicted octanol–water partition coefficient (Wildman–Crippen LogP) is 2.40. The second kappa shape index (κ2) is 4.97. The lowest BCUT2D eigenvalue weighted by Crippen LogP contribution is -2.14. The molecule has 0 spiro atoms. The Bertz CT molecular complexity index is 602. The number of nitrogens with one attached hydrogen (secondary N) is 2. The summed E-state index contributed by atoms with van der Waals surface area (Å²) in [4.78, 5) is 19.6. The van der Waals surface area contributed by atoms with Crippen molar-refractivity contribution in [1.29, 1.82) is 0 Å². The summed E-state index contributed by atoms with van der Waals surface area (Å²) >= 11 is 5.68. The number of H-pyrrole nitrogens is 1. The minimum Gasteiger partial charge on any atom is -0.304 e. The van der Waals surface area contributed by atoms with E-state index in [2.05, 4.69) is 46.3 Å². The Morgan fingerprint density at radius 1 is 1.37 bits per heavy atom. The van der Waals surface area contributed by atoms with Gasteiger partial charge in [-0.2, -0.15) is 5.10 Å². The number of aromatic amines is 1. The number of carbonyl (C=O) groups excluding carboxylic acids is 1. The molecule has 2 N–H and O–H groups in total. The van der Waals surface area contributed by atoms with Gasteiger partial charge in [0.05, 0.1) is 12.4 Å². The summed E-state index contributed by atoms with van der Waals surface area (Å²) in [6.45, 7) is 6.15. The summed E-state index contributed by atoms with van der Waals surface area (Å²) in [7, 11) is 0. The molecule has 0 radical (unpaired) electrons. The van der Waals surface area contributed by atoms with Crippen LogP contribution in [0.4, 0.5) is 5.82 Å². The summed E-state index contributed by atoms with van der Waals surface area (Å²) in [6.07, 6.45) is 2.71. The Kier molecular flexibility index (Phi) is 3.53. The number of amides is 1. The van der Waals surface area contributed by atoms with Crippen LogP contribution in [-0.2, 0) is 5.41 Å². The van der Waals surface area contributed by atoms with Crippen LogP contribution in [-0.4, -0.2) is 26.1 Å². The number of nitrogens with zero attached hydrogens (tertiary/aromatic N) is 3. The molecule has 7 heteroatoms. The zero-order valence-electron chi connectivity index (χ0n) is 10.9. The van der Waals surface area contributed by atoms with Crippen LogP contribution in [0.5, 0.6) is 0 Å². The molecule has 2 rings (SSSR count). The van der Waals surface area contributed by atoms with Gasteiger partial charge in [-0.05, 0) is 0 Å². The normalized spacial score (nSPS) is 11.4. The van der Waals surface area contributed by atoms with Gasteiger partial charge in [0, 0.05) is 17.2 Å². The van der Waals surface area contributed by atoms with Gasteiger partial charge in [0.15, 0.2) is 5.82 Å². The predicted molar refractivity (Wildman–Crippen MR) is 72.3 cm³/mol. The molecule has 0 aromatic carbocycles. The van der Waals surface area contributed by atoms with Crippen LogP contribution in [0.15, 0.2) is 18.5 Å². The van der Waals surface area contributed by atoms with Crippen molar-refractivity contribution in [2.75, 3.05) is 5.32 Å². The van der Waals surface area contributed by atoms with E-state index >= 15 is 0 Å². The van der Waals surface area contributed by atoms with Crippen LogP contribution in [0.1, 0.15) is 37.0 Å². The third-order valence-corrected chi connectivity index (χ3v) is 2.65. The van der Waals surface area contributed by atoms with E-state index in [0.717, 1.165) is 5.69 Å². The molecule has 6 nitrogen and oxygen atoms in total. The number of halogens is 1. The van der Waals surface area contributed by atoms with Gasteiger partial charge in [0.2, 0.25) is 0 Å². The van der Waals surface area contributed by atoms with Gasteiger partial charge in [-0.25, -0.2) is 4.98 Å². The number of hydrogen-bond acceptors (Lipinski definition) is 4. The highest BCUT2D eigenvalue weighted by molar-refractivity contribution is 6.29. The van der Waals surface area contributed by atoms with Crippen LogP contribution in [0, 0.1) is 0 Å². The zero-order chi connectivity index (χ0) is 14.0. The van der Waals surface area contributed by atoms with E-state index in [1.165, 1.54) is 12.4 Å². The molecule has 0 aliphatic carbocycles. The van der Waals surface area contributed by atoms with Gasteiger partial charge in [0.25, 0.3) is 5.91 Å². The first kappa shape index (κ1) is 13.5. The first-order chi connectivity index (χ1) is 8.86. The smallest absolute Gasteiger partial charge is 0.277 e. The topological polar surface area (TPSA) is 83.6 Å². The Labute approximate surface area is 115 Å². The van der Waals surface area contributed by atoms with Crippen LogP contribution >= 0.6 is 11.6 Å². The molecule has 100 valence electrons. The summed E-state index contributed by atoms with van der Waals surface area (Å²) in [6, 6.07) is 1.79. The van der Waals surface area contributed by atoms with Crippen molar-refractivity contribution < 1.29 is 4.79 Å². The second-order valence-corrected chi connectivity index (χ2v) is 5.49. The Balaban J connectivity index is 2.13. The average Bonchev–Trinajstić information content (AvgIpc) is 2.77. The summed E-state index contributed by atoms with van der Waals surface area (Å²) in [5.74, 6) is 0.0404. The summed E-state index contributed by atoms with van der Waals surface area (Å²) in [5, 5.41) is 9.73. The molecular weight excluding hydrogens is 266 g/mol. The molecule has 2 heterocycles. The van der Waals surface area contributed by atoms with Crippen LogP contribution in [0.25, 0.3) is 0 Å². The van der Waals surface area contributed by atoms with E-state index in [1.54, 1.807) is 6.07 Å². The van der Waals surface area contributed by atoms with Gasteiger partial charge < -0.3 is 5.32 Å². The fourth-order valence-electron chi connectivity index (χ4n) is 1.40. The van der Waals surface area contributed by atoms with Crippen LogP contribution < -0.4 is 5.32 Å². The molecule has 0 saturated heterocycles. The van der Waals surface area contributed by atoms with E-state index in [-0.39, 0.29) is 16.3 Å². The number of aromatic nitrogens is 4. The molecule has 19 heavy (non-hydrogen) atoms. The van der Waals surface area contributed by atoms with E-state index in [0.29, 0.717) is 5.82 Å². The Hall–Kier alpha value is -1.95. The van der Waals surface area contributed by atoms with Crippen molar-refractivity contribution in [3.05, 3.63) is 35.0 Å². The maximum absolute atomic E-state index is 11.9. The molecule has 0 aliphatic rings. The van der Waals surface area contributed by atoms with Crippen molar-refractivity contribution in [2.24, 2.45) is 0 Å². The van der Waals surface area contributed by atoms with E-state index < -0.39 is 5.91 Å². The number of carbonyl (C=O) groups is 1. The number of anilines is 1. The molecule has 0 unspecified atom stereocenters. The van der Waals surface area contributed by atoms with Gasteiger partial charge in [-0.1, -0.05) is 32.4 Å². The van der Waals surface area contributed by atoms with E-state index in [9.17, 15) is 4.79 Å². The van der Waals surface area contributed by atoms with Crippen molar-refractivity contribution in [2.45, 2.75) is 26.2 Å². The molecule has 0 bridgehead atoms. The fraction of sp³-hybridized carbons (Fsp3) is 0.333. The molecule has 0 saturated carbocycles. The standard InChI is InChI=1S/C12H14ClN5O/c1-12(2,3)8-4-10(18-17-8)16-11(19)7-5-14-6-9(13)15-7/h4-6H,1-3H3,(H2,16,17,18,19). The molecular formula is C12H14ClN5O. The molecule has 0 aliphatic heterocycles. The third kappa shape index (κ3) is 3.29. The average molecular weight is 280 g/mol. The minimum absolute atomic E-state index is 0.0637. The van der Waals surface area contributed by atoms with Gasteiger partial charge in [-0.3, -0.25) is 14.9 Å². The highest BCUT2D eigenvalue weighted by Crippen LogP contribution is 2.22. The maximum Gasteiger partial charge on any atom is 0.277 e. The van der Waals surface area contributed by atoms with Crippen LogP contribution in [0.3, 0.4) is 0 Å². The fourth-order valence-corrected chi connectivity index (χ4v) is 1.55. The Morgan fingerprint density at radius 2 is 2.11 bits per heavy atom. The van der Waals surface area contributed by atoms with Crippen molar-refractivity contribution in [1.82, 2.24) is 20.2 Å². The molecule has 2 aromatic heterocycles. The van der Waals surface area contributed by atoms with Crippen molar-refractivity contribution >= 4 is 23.3 Å². The first-order valence-corrected chi connectivity index (χ1v) is 6.09. The highest BCUT2D eigenvalue weighted by Gasteiger charge is 2.18. The van der Waals surface area contributed by atoms with Gasteiger partial charge in [-0.15, -0.1) is 0 Å². The first-order valence-electron chi connectivity index (χ1n) is 5.71. The maximum atomic E-state index is 11.9. The van der Waals surface area contributed by atoms with Gasteiger partial charge in [0.1, 0.15) is 10.8 Å². The van der Waals surface area contributed by atoms with Crippen LogP contribution in [0.2, 0.25) is 5.15 Å². The van der Waals surface area contributed by atoms with E-state index in [4.69, 9.17) is 11.6 Å². The summed E-state index contributed by atoms with van der Waals surface area (Å²) < 4.78 is 0. The number of rotatable bonds is 2.